The second-order valence-corrected chi connectivity index (χ2v) is 7.69. The molecule has 0 saturated carbocycles. The number of Topliss-reactive ketones (excluding diaryl/α,β-unsaturated/α-hetero) is 1. The third kappa shape index (κ3) is 5.00. The Bertz CT molecular complexity index is 968. The Morgan fingerprint density at radius 1 is 1.19 bits per heavy atom. The molecule has 1 aliphatic heterocycles. The molecular weight excluding hydrogens is 394 g/mol. The van der Waals surface area contributed by atoms with Gasteiger partial charge >= 0.3 is 0 Å². The minimum atomic E-state index is -0.740. The molecule has 1 atom stereocenters. The molecule has 0 aliphatic carbocycles. The highest BCUT2D eigenvalue weighted by Gasteiger charge is 2.43. The first-order valence-electron chi connectivity index (χ1n) is 10.2. The maximum absolute atomic E-state index is 13.3. The van der Waals surface area contributed by atoms with Crippen molar-refractivity contribution in [3.8, 4) is 5.75 Å². The maximum Gasteiger partial charge on any atom is 0.295 e. The van der Waals surface area contributed by atoms with E-state index in [1.54, 1.807) is 54.9 Å². The van der Waals surface area contributed by atoms with Crippen LogP contribution in [0.3, 0.4) is 0 Å². The molecule has 1 aromatic heterocycles. The van der Waals surface area contributed by atoms with Crippen LogP contribution in [-0.4, -0.2) is 55.4 Å². The van der Waals surface area contributed by atoms with Crippen molar-refractivity contribution in [2.24, 2.45) is 0 Å². The van der Waals surface area contributed by atoms with Crippen molar-refractivity contribution < 1.29 is 24.3 Å². The van der Waals surface area contributed by atoms with E-state index in [-0.39, 0.29) is 5.57 Å². The number of hydrogen-bond donors (Lipinski definition) is 1. The lowest BCUT2D eigenvalue weighted by atomic mass is 9.96. The third-order valence-corrected chi connectivity index (χ3v) is 5.11. The fourth-order valence-corrected chi connectivity index (χ4v) is 3.61. The molecule has 2 aromatic rings. The Labute approximate surface area is 182 Å². The van der Waals surface area contributed by atoms with Gasteiger partial charge in [-0.15, -0.1) is 0 Å². The van der Waals surface area contributed by atoms with Gasteiger partial charge in [0.05, 0.1) is 26.7 Å². The van der Waals surface area contributed by atoms with Crippen molar-refractivity contribution >= 4 is 17.4 Å². The molecule has 1 unspecified atom stereocenters. The number of benzene rings is 1. The van der Waals surface area contributed by atoms with E-state index < -0.39 is 23.5 Å². The molecule has 2 heterocycles. The average Bonchev–Trinajstić information content (AvgIpc) is 3.03. The van der Waals surface area contributed by atoms with Gasteiger partial charge in [-0.1, -0.05) is 30.5 Å². The molecule has 31 heavy (non-hydrogen) atoms. The summed E-state index contributed by atoms with van der Waals surface area (Å²) in [4.78, 5) is 32.5. The minimum absolute atomic E-state index is 0.0202. The van der Waals surface area contributed by atoms with Crippen LogP contribution in [0, 0.1) is 0 Å². The van der Waals surface area contributed by atoms with Crippen molar-refractivity contribution in [1.82, 2.24) is 9.88 Å². The van der Waals surface area contributed by atoms with Crippen LogP contribution in [0.2, 0.25) is 0 Å². The van der Waals surface area contributed by atoms with E-state index in [4.69, 9.17) is 4.74 Å². The number of likely N-dealkylation sites (tertiary alicyclic amines) is 1. The Kier molecular flexibility index (Phi) is 7.20. The number of amides is 1. The highest BCUT2D eigenvalue weighted by atomic mass is 16.5. The van der Waals surface area contributed by atoms with E-state index in [0.29, 0.717) is 30.0 Å². The summed E-state index contributed by atoms with van der Waals surface area (Å²) in [5.74, 6) is -1.23. The number of carbonyl (C=O) groups is 2. The Hall–Kier alpha value is -3.45. The largest absolute Gasteiger partial charge is 0.872 e. The first-order valence-corrected chi connectivity index (χ1v) is 10.2. The van der Waals surface area contributed by atoms with Gasteiger partial charge in [-0.2, -0.15) is 0 Å². The number of pyridine rings is 1. The quantitative estimate of drug-likeness (QED) is 0.274. The molecule has 1 saturated heterocycles. The minimum Gasteiger partial charge on any atom is -0.872 e. The van der Waals surface area contributed by atoms with Crippen LogP contribution in [0.1, 0.15) is 23.6 Å². The van der Waals surface area contributed by atoms with Crippen molar-refractivity contribution in [3.05, 3.63) is 78.1 Å². The topological polar surface area (TPSA) is 87.0 Å². The number of nitrogens with zero attached hydrogens (tertiary/aromatic N) is 2. The van der Waals surface area contributed by atoms with Gasteiger partial charge in [-0.05, 0) is 35.4 Å². The van der Waals surface area contributed by atoms with Crippen LogP contribution in [0.15, 0.2) is 67.0 Å². The summed E-state index contributed by atoms with van der Waals surface area (Å²) >= 11 is 0. The lowest BCUT2D eigenvalue weighted by Gasteiger charge is -2.27. The number of hydrogen-bond acceptors (Lipinski definition) is 5. The van der Waals surface area contributed by atoms with Crippen molar-refractivity contribution in [2.75, 3.05) is 33.8 Å². The zero-order valence-electron chi connectivity index (χ0n) is 17.8. The van der Waals surface area contributed by atoms with E-state index in [0.717, 1.165) is 13.0 Å². The van der Waals surface area contributed by atoms with E-state index >= 15 is 0 Å². The van der Waals surface area contributed by atoms with Gasteiger partial charge < -0.3 is 19.6 Å². The van der Waals surface area contributed by atoms with Crippen LogP contribution >= 0.6 is 0 Å². The smallest absolute Gasteiger partial charge is 0.295 e. The maximum atomic E-state index is 13.3. The molecule has 1 aliphatic rings. The summed E-state index contributed by atoms with van der Waals surface area (Å²) in [6.07, 6.45) is 5.54. The summed E-state index contributed by atoms with van der Waals surface area (Å²) in [7, 11) is 4.06. The van der Waals surface area contributed by atoms with Gasteiger partial charge in [0.25, 0.3) is 5.91 Å². The summed E-state index contributed by atoms with van der Waals surface area (Å²) in [6.45, 7) is 5.19. The van der Waals surface area contributed by atoms with Gasteiger partial charge in [-0.3, -0.25) is 14.6 Å². The molecule has 1 amide bonds. The van der Waals surface area contributed by atoms with Crippen LogP contribution in [0.5, 0.6) is 5.75 Å². The monoisotopic (exact) mass is 421 g/mol. The van der Waals surface area contributed by atoms with Gasteiger partial charge in [-0.25, -0.2) is 0 Å². The normalized spacial score (nSPS) is 17.9. The zero-order valence-corrected chi connectivity index (χ0v) is 17.8. The number of rotatable bonds is 9. The molecule has 7 heteroatoms. The standard InChI is InChI=1S/C24H27N3O4/c1-4-16-31-19-8-6-18(7-9-19)22(28)20-21(17-10-12-25-13-11-17)27(24(30)23(20)29)15-5-14-26(2)3/h4,6-13,21,28H,1,5,14-16H2,2-3H3. The van der Waals surface area contributed by atoms with Gasteiger partial charge in [0.2, 0.25) is 5.78 Å². The lowest BCUT2D eigenvalue weighted by molar-refractivity contribution is -0.858. The molecule has 0 radical (unpaired) electrons. The van der Waals surface area contributed by atoms with E-state index in [1.807, 2.05) is 14.1 Å². The molecule has 162 valence electrons. The fraction of sp³-hybridized carbons (Fsp3) is 0.292. The number of quaternary nitrogens is 1. The fourth-order valence-electron chi connectivity index (χ4n) is 3.61. The average molecular weight is 421 g/mol. The zero-order chi connectivity index (χ0) is 22.4. The molecule has 0 spiro atoms. The van der Waals surface area contributed by atoms with Crippen LogP contribution in [0.25, 0.3) is 5.76 Å². The SMILES string of the molecule is C=CCOc1ccc(C([O-])=C2C(=O)C(=O)N(CCC[NH+](C)C)C2c2ccncc2)cc1. The second-order valence-electron chi connectivity index (χ2n) is 7.69. The number of aromatic nitrogens is 1. The summed E-state index contributed by atoms with van der Waals surface area (Å²) < 4.78 is 5.45. The van der Waals surface area contributed by atoms with Crippen molar-refractivity contribution in [3.63, 3.8) is 0 Å². The first kappa shape index (κ1) is 22.2. The number of nitrogens with one attached hydrogen (secondary N) is 1. The number of carbonyl (C=O) groups excluding carboxylic acids is 2. The molecule has 7 nitrogen and oxygen atoms in total. The van der Waals surface area contributed by atoms with Gasteiger partial charge in [0.1, 0.15) is 12.4 Å². The highest BCUT2D eigenvalue weighted by Crippen LogP contribution is 2.38. The van der Waals surface area contributed by atoms with E-state index in [9.17, 15) is 14.7 Å². The predicted octanol–water partition coefficient (Wildman–Crippen LogP) is 0.405. The van der Waals surface area contributed by atoms with Crippen LogP contribution in [0.4, 0.5) is 0 Å². The Morgan fingerprint density at radius 3 is 2.48 bits per heavy atom. The van der Waals surface area contributed by atoms with Crippen LogP contribution in [-0.2, 0) is 9.59 Å². The third-order valence-electron chi connectivity index (χ3n) is 5.11. The van der Waals surface area contributed by atoms with Gasteiger partial charge in [0.15, 0.2) is 0 Å². The molecule has 1 aromatic carbocycles. The Balaban J connectivity index is 2.00. The second kappa shape index (κ2) is 10.0. The summed E-state index contributed by atoms with van der Waals surface area (Å²) in [5.41, 5.74) is 1.01. The lowest BCUT2D eigenvalue weighted by Crippen LogP contribution is -3.05. The Morgan fingerprint density at radius 2 is 1.87 bits per heavy atom. The van der Waals surface area contributed by atoms with Crippen LogP contribution < -0.4 is 14.7 Å². The summed E-state index contributed by atoms with van der Waals surface area (Å²) in [6, 6.07) is 9.29. The summed E-state index contributed by atoms with van der Waals surface area (Å²) in [5, 5.41) is 13.3. The van der Waals surface area contributed by atoms with Crippen molar-refractivity contribution in [1.29, 1.82) is 0 Å². The predicted molar refractivity (Wildman–Crippen MR) is 115 cm³/mol. The molecular formula is C24H27N3O4. The highest BCUT2D eigenvalue weighted by molar-refractivity contribution is 6.46. The molecule has 0 bridgehead atoms. The molecule has 1 N–H and O–H groups in total. The first-order chi connectivity index (χ1) is 14.9. The molecule has 3 rings (SSSR count). The van der Waals surface area contributed by atoms with Crippen molar-refractivity contribution in [2.45, 2.75) is 12.5 Å². The number of ether oxygens (including phenoxy) is 1. The van der Waals surface area contributed by atoms with Gasteiger partial charge in [0, 0.05) is 30.9 Å². The van der Waals surface area contributed by atoms with E-state index in [2.05, 4.69) is 11.6 Å². The molecule has 1 fully saturated rings. The van der Waals surface area contributed by atoms with E-state index in [1.165, 1.54) is 9.80 Å². The number of ketones is 1.